The topological polar surface area (TPSA) is 34.1 Å². The van der Waals surface area contributed by atoms with Crippen molar-refractivity contribution in [2.24, 2.45) is 0 Å². The van der Waals surface area contributed by atoms with Crippen LogP contribution >= 0.6 is 15.9 Å². The molecule has 0 aliphatic carbocycles. The number of halogens is 1. The summed E-state index contributed by atoms with van der Waals surface area (Å²) in [7, 11) is 1.66. The van der Waals surface area contributed by atoms with E-state index in [4.69, 9.17) is 4.74 Å². The summed E-state index contributed by atoms with van der Waals surface area (Å²) < 4.78 is 6.18. The molecule has 0 fully saturated rings. The predicted octanol–water partition coefficient (Wildman–Crippen LogP) is 4.62. The molecule has 0 amide bonds. The van der Waals surface area contributed by atoms with Crippen LogP contribution in [0.1, 0.15) is 5.56 Å². The van der Waals surface area contributed by atoms with Gasteiger partial charge in [-0.15, -0.1) is 0 Å². The van der Waals surface area contributed by atoms with Gasteiger partial charge in [0.2, 0.25) is 0 Å². The molecule has 3 aromatic rings. The second kappa shape index (κ2) is 6.14. The summed E-state index contributed by atoms with van der Waals surface area (Å²) in [5, 5.41) is 5.83. The molecule has 106 valence electrons. The highest BCUT2D eigenvalue weighted by atomic mass is 79.9. The van der Waals surface area contributed by atoms with E-state index < -0.39 is 0 Å². The highest BCUT2D eigenvalue weighted by Crippen LogP contribution is 2.28. The van der Waals surface area contributed by atoms with E-state index in [1.54, 1.807) is 7.11 Å². The first-order valence-electron chi connectivity index (χ1n) is 6.67. The summed E-state index contributed by atoms with van der Waals surface area (Å²) >= 11 is 3.50. The van der Waals surface area contributed by atoms with Gasteiger partial charge in [-0.25, -0.2) is 0 Å². The molecule has 0 unspecified atom stereocenters. The van der Waals surface area contributed by atoms with E-state index in [1.807, 2.05) is 30.6 Å². The smallest absolute Gasteiger partial charge is 0.133 e. The van der Waals surface area contributed by atoms with E-state index in [0.717, 1.165) is 27.8 Å². The Hall–Kier alpha value is -2.07. The third-order valence-electron chi connectivity index (χ3n) is 3.41. The summed E-state index contributed by atoms with van der Waals surface area (Å²) in [5.74, 6) is 0.830. The lowest BCUT2D eigenvalue weighted by atomic mass is 10.1. The number of benzene rings is 2. The second-order valence-electron chi connectivity index (χ2n) is 4.72. The Kier molecular flexibility index (Phi) is 4.06. The van der Waals surface area contributed by atoms with Gasteiger partial charge in [0.05, 0.1) is 11.6 Å². The summed E-state index contributed by atoms with van der Waals surface area (Å²) in [6.07, 6.45) is 3.72. The Morgan fingerprint density at radius 3 is 2.90 bits per heavy atom. The van der Waals surface area contributed by atoms with E-state index in [9.17, 15) is 0 Å². The Bertz CT molecular complexity index is 768. The van der Waals surface area contributed by atoms with Gasteiger partial charge in [0.25, 0.3) is 0 Å². The molecule has 4 heteroatoms. The maximum absolute atomic E-state index is 5.24. The zero-order valence-electron chi connectivity index (χ0n) is 11.6. The van der Waals surface area contributed by atoms with Crippen molar-refractivity contribution in [3.05, 3.63) is 64.9 Å². The Morgan fingerprint density at radius 1 is 1.19 bits per heavy atom. The highest BCUT2D eigenvalue weighted by molar-refractivity contribution is 9.10. The molecule has 21 heavy (non-hydrogen) atoms. The van der Waals surface area contributed by atoms with Crippen LogP contribution in [-0.2, 0) is 6.54 Å². The molecule has 0 aliphatic rings. The van der Waals surface area contributed by atoms with Gasteiger partial charge in [-0.2, -0.15) is 0 Å². The van der Waals surface area contributed by atoms with E-state index in [-0.39, 0.29) is 0 Å². The van der Waals surface area contributed by atoms with E-state index in [2.05, 4.69) is 50.5 Å². The number of pyridine rings is 1. The van der Waals surface area contributed by atoms with Crippen molar-refractivity contribution in [3.63, 3.8) is 0 Å². The average molecular weight is 343 g/mol. The number of fused-ring (bicyclic) bond motifs is 1. The third-order valence-corrected chi connectivity index (χ3v) is 4.03. The number of hydrogen-bond donors (Lipinski definition) is 1. The van der Waals surface area contributed by atoms with E-state index in [0.29, 0.717) is 0 Å². The lowest BCUT2D eigenvalue weighted by Crippen LogP contribution is -2.00. The van der Waals surface area contributed by atoms with E-state index >= 15 is 0 Å². The maximum atomic E-state index is 5.24. The van der Waals surface area contributed by atoms with Crippen molar-refractivity contribution >= 4 is 32.4 Å². The average Bonchev–Trinajstić information content (AvgIpc) is 2.53. The second-order valence-corrected chi connectivity index (χ2v) is 5.57. The molecule has 3 nitrogen and oxygen atoms in total. The van der Waals surface area contributed by atoms with Crippen LogP contribution < -0.4 is 10.1 Å². The maximum Gasteiger partial charge on any atom is 0.133 e. The minimum absolute atomic E-state index is 0.764. The minimum Gasteiger partial charge on any atom is -0.496 e. The van der Waals surface area contributed by atoms with Gasteiger partial charge in [-0.1, -0.05) is 18.2 Å². The summed E-state index contributed by atoms with van der Waals surface area (Å²) in [5.41, 5.74) is 2.30. The number of nitrogens with one attached hydrogen (secondary N) is 1. The van der Waals surface area contributed by atoms with Gasteiger partial charge in [0.1, 0.15) is 5.75 Å². The highest BCUT2D eigenvalue weighted by Gasteiger charge is 2.03. The SMILES string of the molecule is COc1ccc(NCc2cccc3cnccc23)cc1Br. The monoisotopic (exact) mass is 342 g/mol. The number of nitrogens with zero attached hydrogens (tertiary/aromatic N) is 1. The largest absolute Gasteiger partial charge is 0.496 e. The summed E-state index contributed by atoms with van der Waals surface area (Å²) in [6, 6.07) is 14.3. The fraction of sp³-hybridized carbons (Fsp3) is 0.118. The first kappa shape index (κ1) is 13.9. The predicted molar refractivity (Wildman–Crippen MR) is 89.8 cm³/mol. The van der Waals surface area contributed by atoms with Crippen molar-refractivity contribution in [2.45, 2.75) is 6.54 Å². The van der Waals surface area contributed by atoms with Crippen molar-refractivity contribution in [1.82, 2.24) is 4.98 Å². The minimum atomic E-state index is 0.764. The van der Waals surface area contributed by atoms with Crippen LogP contribution in [0.25, 0.3) is 10.8 Å². The Labute approximate surface area is 132 Å². The number of aromatic nitrogens is 1. The molecule has 0 bridgehead atoms. The van der Waals surface area contributed by atoms with Gasteiger partial charge in [0, 0.05) is 30.0 Å². The molecule has 3 rings (SSSR count). The summed E-state index contributed by atoms with van der Waals surface area (Å²) in [4.78, 5) is 4.16. The van der Waals surface area contributed by atoms with Crippen molar-refractivity contribution in [2.75, 3.05) is 12.4 Å². The molecule has 0 atom stereocenters. The van der Waals surface area contributed by atoms with Gasteiger partial charge in [-0.05, 0) is 51.1 Å². The number of rotatable bonds is 4. The quantitative estimate of drug-likeness (QED) is 0.751. The first-order valence-corrected chi connectivity index (χ1v) is 7.46. The van der Waals surface area contributed by atoms with Gasteiger partial charge in [0.15, 0.2) is 0 Å². The lowest BCUT2D eigenvalue weighted by Gasteiger charge is -2.11. The van der Waals surface area contributed by atoms with Crippen molar-refractivity contribution in [1.29, 1.82) is 0 Å². The van der Waals surface area contributed by atoms with Crippen molar-refractivity contribution < 1.29 is 4.74 Å². The molecule has 1 heterocycles. The fourth-order valence-corrected chi connectivity index (χ4v) is 2.86. The number of anilines is 1. The van der Waals surface area contributed by atoms with Crippen LogP contribution in [0, 0.1) is 0 Å². The number of ether oxygens (including phenoxy) is 1. The Morgan fingerprint density at radius 2 is 2.10 bits per heavy atom. The molecule has 1 N–H and O–H groups in total. The number of methoxy groups -OCH3 is 1. The van der Waals surface area contributed by atoms with Crippen LogP contribution in [0.15, 0.2) is 59.3 Å². The summed E-state index contributed by atoms with van der Waals surface area (Å²) in [6.45, 7) is 0.764. The van der Waals surface area contributed by atoms with Gasteiger partial charge >= 0.3 is 0 Å². The van der Waals surface area contributed by atoms with Crippen LogP contribution in [0.4, 0.5) is 5.69 Å². The molecule has 2 aromatic carbocycles. The molecule has 0 saturated heterocycles. The molecular weight excluding hydrogens is 328 g/mol. The van der Waals surface area contributed by atoms with Crippen LogP contribution in [0.5, 0.6) is 5.75 Å². The molecule has 0 radical (unpaired) electrons. The molecule has 0 aliphatic heterocycles. The van der Waals surface area contributed by atoms with Gasteiger partial charge in [-0.3, -0.25) is 4.98 Å². The van der Waals surface area contributed by atoms with E-state index in [1.165, 1.54) is 10.9 Å². The van der Waals surface area contributed by atoms with Crippen LogP contribution in [0.3, 0.4) is 0 Å². The van der Waals surface area contributed by atoms with Crippen molar-refractivity contribution in [3.8, 4) is 5.75 Å². The third kappa shape index (κ3) is 3.00. The fourth-order valence-electron chi connectivity index (χ4n) is 2.32. The molecule has 0 spiro atoms. The van der Waals surface area contributed by atoms with Gasteiger partial charge < -0.3 is 10.1 Å². The first-order chi connectivity index (χ1) is 10.3. The zero-order chi connectivity index (χ0) is 14.7. The Balaban J connectivity index is 1.82. The normalized spacial score (nSPS) is 10.6. The standard InChI is InChI=1S/C17H15BrN2O/c1-21-17-6-5-14(9-16(17)18)20-11-13-4-2-3-12-10-19-8-7-15(12)13/h2-10,20H,11H2,1H3. The molecular formula is C17H15BrN2O. The lowest BCUT2D eigenvalue weighted by molar-refractivity contribution is 0.412. The van der Waals surface area contributed by atoms with Crippen LogP contribution in [0.2, 0.25) is 0 Å². The number of hydrogen-bond acceptors (Lipinski definition) is 3. The van der Waals surface area contributed by atoms with Crippen LogP contribution in [-0.4, -0.2) is 12.1 Å². The zero-order valence-corrected chi connectivity index (χ0v) is 13.2. The molecule has 0 saturated carbocycles. The molecule has 1 aromatic heterocycles.